The normalized spacial score (nSPS) is 11.0. The first kappa shape index (κ1) is 14.5. The number of urea groups is 1. The first-order chi connectivity index (χ1) is 8.49. The molecule has 100 valence electrons. The molecule has 1 aromatic carbocycles. The quantitative estimate of drug-likeness (QED) is 0.836. The monoisotopic (exact) mass is 270 g/mol. The van der Waals surface area contributed by atoms with E-state index in [0.717, 1.165) is 5.56 Å². The van der Waals surface area contributed by atoms with Crippen molar-refractivity contribution in [2.75, 3.05) is 19.3 Å². The Morgan fingerprint density at radius 2 is 1.83 bits per heavy atom. The minimum atomic E-state index is -3.13. The van der Waals surface area contributed by atoms with Crippen LogP contribution in [-0.4, -0.2) is 33.8 Å². The van der Waals surface area contributed by atoms with Crippen LogP contribution >= 0.6 is 0 Å². The zero-order valence-electron chi connectivity index (χ0n) is 10.6. The number of amides is 2. The third-order valence-corrected chi connectivity index (χ3v) is 4.34. The molecule has 18 heavy (non-hydrogen) atoms. The van der Waals surface area contributed by atoms with E-state index in [1.54, 1.807) is 38.2 Å². The van der Waals surface area contributed by atoms with E-state index in [4.69, 9.17) is 0 Å². The molecular weight excluding hydrogens is 252 g/mol. The Labute approximate surface area is 108 Å². The maximum Gasteiger partial charge on any atom is 0.314 e. The predicted octanol–water partition coefficient (Wildman–Crippen LogP) is 0.952. The zero-order chi connectivity index (χ0) is 13.6. The van der Waals surface area contributed by atoms with Crippen LogP contribution in [0.4, 0.5) is 4.79 Å². The molecule has 1 aromatic rings. The lowest BCUT2D eigenvalue weighted by molar-refractivity contribution is 0.243. The minimum Gasteiger partial charge on any atom is -0.341 e. The second-order valence-electron chi connectivity index (χ2n) is 3.80. The number of nitrogens with one attached hydrogen (secondary N) is 2. The van der Waals surface area contributed by atoms with Gasteiger partial charge >= 0.3 is 6.03 Å². The highest BCUT2D eigenvalue weighted by atomic mass is 32.2. The van der Waals surface area contributed by atoms with Crippen LogP contribution in [0.3, 0.4) is 0 Å². The molecule has 0 saturated heterocycles. The van der Waals surface area contributed by atoms with Gasteiger partial charge < -0.3 is 10.6 Å². The van der Waals surface area contributed by atoms with Gasteiger partial charge in [-0.1, -0.05) is 19.1 Å². The largest absolute Gasteiger partial charge is 0.341 e. The molecule has 0 fully saturated rings. The van der Waals surface area contributed by atoms with Gasteiger partial charge in [0.05, 0.1) is 10.6 Å². The Balaban J connectivity index is 2.59. The van der Waals surface area contributed by atoms with Crippen molar-refractivity contribution in [1.82, 2.24) is 10.6 Å². The molecule has 0 aliphatic rings. The number of carbonyl (C=O) groups excluding carboxylic acids is 1. The van der Waals surface area contributed by atoms with E-state index in [9.17, 15) is 13.2 Å². The summed E-state index contributed by atoms with van der Waals surface area (Å²) in [6.07, 6.45) is 0.667. The number of rotatable bonds is 5. The third-order valence-electron chi connectivity index (χ3n) is 2.59. The second kappa shape index (κ2) is 6.39. The van der Waals surface area contributed by atoms with Crippen molar-refractivity contribution in [1.29, 1.82) is 0 Å². The molecule has 0 aliphatic carbocycles. The van der Waals surface area contributed by atoms with Crippen LogP contribution in [0.25, 0.3) is 0 Å². The maximum atomic E-state index is 11.6. The summed E-state index contributed by atoms with van der Waals surface area (Å²) >= 11 is 0. The molecule has 0 spiro atoms. The lowest BCUT2D eigenvalue weighted by Crippen LogP contribution is -2.33. The average Bonchev–Trinajstić information content (AvgIpc) is 2.39. The minimum absolute atomic E-state index is 0.102. The molecule has 0 bridgehead atoms. The Morgan fingerprint density at radius 3 is 2.33 bits per heavy atom. The fraction of sp³-hybridized carbons (Fsp3) is 0.417. The average molecular weight is 270 g/mol. The van der Waals surface area contributed by atoms with Crippen LogP contribution in [0.1, 0.15) is 12.5 Å². The summed E-state index contributed by atoms with van der Waals surface area (Å²) in [6.45, 7) is 2.13. The fourth-order valence-corrected chi connectivity index (χ4v) is 2.32. The van der Waals surface area contributed by atoms with Gasteiger partial charge in [0, 0.05) is 13.6 Å². The standard InChI is InChI=1S/C12H18N2O3S/c1-3-18(16,17)11-6-4-10(5-7-11)8-9-14-12(15)13-2/h4-7H,3,8-9H2,1-2H3,(H2,13,14,15). The summed E-state index contributed by atoms with van der Waals surface area (Å²) in [7, 11) is -1.58. The highest BCUT2D eigenvalue weighted by molar-refractivity contribution is 7.91. The molecule has 0 aliphatic heterocycles. The summed E-state index contributed by atoms with van der Waals surface area (Å²) in [5.41, 5.74) is 0.987. The molecule has 0 radical (unpaired) electrons. The van der Waals surface area contributed by atoms with E-state index in [-0.39, 0.29) is 11.8 Å². The molecule has 1 rings (SSSR count). The van der Waals surface area contributed by atoms with Gasteiger partial charge in [0.2, 0.25) is 0 Å². The highest BCUT2D eigenvalue weighted by Crippen LogP contribution is 2.12. The molecule has 0 heterocycles. The van der Waals surface area contributed by atoms with Crippen molar-refractivity contribution in [3.8, 4) is 0 Å². The topological polar surface area (TPSA) is 75.3 Å². The van der Waals surface area contributed by atoms with Crippen molar-refractivity contribution >= 4 is 15.9 Å². The summed E-state index contributed by atoms with van der Waals surface area (Å²) in [5, 5.41) is 5.13. The van der Waals surface area contributed by atoms with Gasteiger partial charge in [-0.15, -0.1) is 0 Å². The predicted molar refractivity (Wildman–Crippen MR) is 70.3 cm³/mol. The number of benzene rings is 1. The first-order valence-corrected chi connectivity index (χ1v) is 7.42. The summed E-state index contributed by atoms with van der Waals surface area (Å²) in [6, 6.07) is 6.53. The lowest BCUT2D eigenvalue weighted by Gasteiger charge is -2.06. The van der Waals surface area contributed by atoms with Crippen LogP contribution in [0, 0.1) is 0 Å². The van der Waals surface area contributed by atoms with E-state index < -0.39 is 9.84 Å². The van der Waals surface area contributed by atoms with Crippen molar-refractivity contribution in [2.24, 2.45) is 0 Å². The van der Waals surface area contributed by atoms with E-state index >= 15 is 0 Å². The Bertz CT molecular complexity index is 495. The van der Waals surface area contributed by atoms with Crippen molar-refractivity contribution in [3.05, 3.63) is 29.8 Å². The highest BCUT2D eigenvalue weighted by Gasteiger charge is 2.10. The molecule has 0 aromatic heterocycles. The number of sulfone groups is 1. The van der Waals surface area contributed by atoms with Gasteiger partial charge in [-0.2, -0.15) is 0 Å². The molecular formula is C12H18N2O3S. The Hall–Kier alpha value is -1.56. The maximum absolute atomic E-state index is 11.6. The van der Waals surface area contributed by atoms with E-state index in [0.29, 0.717) is 17.9 Å². The van der Waals surface area contributed by atoms with Gasteiger partial charge in [-0.25, -0.2) is 13.2 Å². The fourth-order valence-electron chi connectivity index (χ4n) is 1.44. The molecule has 0 atom stereocenters. The van der Waals surface area contributed by atoms with Crippen LogP contribution in [0.2, 0.25) is 0 Å². The van der Waals surface area contributed by atoms with Crippen LogP contribution in [-0.2, 0) is 16.3 Å². The Kier molecular flexibility index (Phi) is 5.15. The van der Waals surface area contributed by atoms with Crippen LogP contribution in [0.15, 0.2) is 29.2 Å². The SMILES string of the molecule is CCS(=O)(=O)c1ccc(CCNC(=O)NC)cc1. The molecule has 0 saturated carbocycles. The van der Waals surface area contributed by atoms with Crippen LogP contribution < -0.4 is 10.6 Å². The lowest BCUT2D eigenvalue weighted by atomic mass is 10.1. The van der Waals surface area contributed by atoms with E-state index in [1.165, 1.54) is 0 Å². The summed E-state index contributed by atoms with van der Waals surface area (Å²) in [5.74, 6) is 0.102. The Morgan fingerprint density at radius 1 is 1.22 bits per heavy atom. The van der Waals surface area contributed by atoms with E-state index in [2.05, 4.69) is 10.6 Å². The van der Waals surface area contributed by atoms with Gasteiger partial charge in [0.1, 0.15) is 0 Å². The van der Waals surface area contributed by atoms with Gasteiger partial charge in [0.25, 0.3) is 0 Å². The second-order valence-corrected chi connectivity index (χ2v) is 6.08. The van der Waals surface area contributed by atoms with Gasteiger partial charge in [-0.3, -0.25) is 0 Å². The number of hydrogen-bond acceptors (Lipinski definition) is 3. The van der Waals surface area contributed by atoms with E-state index in [1.807, 2.05) is 0 Å². The molecule has 2 amide bonds. The summed E-state index contributed by atoms with van der Waals surface area (Å²) < 4.78 is 23.2. The molecule has 0 unspecified atom stereocenters. The van der Waals surface area contributed by atoms with Crippen molar-refractivity contribution in [2.45, 2.75) is 18.2 Å². The van der Waals surface area contributed by atoms with Gasteiger partial charge in [0.15, 0.2) is 9.84 Å². The number of carbonyl (C=O) groups is 1. The third kappa shape index (κ3) is 4.03. The molecule has 5 nitrogen and oxygen atoms in total. The first-order valence-electron chi connectivity index (χ1n) is 5.77. The van der Waals surface area contributed by atoms with Crippen LogP contribution in [0.5, 0.6) is 0 Å². The van der Waals surface area contributed by atoms with Gasteiger partial charge in [-0.05, 0) is 24.1 Å². The van der Waals surface area contributed by atoms with Crippen molar-refractivity contribution in [3.63, 3.8) is 0 Å². The molecule has 6 heteroatoms. The smallest absolute Gasteiger partial charge is 0.314 e. The molecule has 2 N–H and O–H groups in total. The number of hydrogen-bond donors (Lipinski definition) is 2. The zero-order valence-corrected chi connectivity index (χ0v) is 11.4. The van der Waals surface area contributed by atoms with Crippen molar-refractivity contribution < 1.29 is 13.2 Å². The summed E-state index contributed by atoms with van der Waals surface area (Å²) in [4.78, 5) is 11.3.